The molecule has 0 radical (unpaired) electrons. The number of carbonyl (C=O) groups is 1. The molecule has 1 aromatic carbocycles. The van der Waals surface area contributed by atoms with Crippen molar-refractivity contribution in [3.05, 3.63) is 23.8 Å². The van der Waals surface area contributed by atoms with Crippen LogP contribution in [0.3, 0.4) is 0 Å². The second kappa shape index (κ2) is 6.55. The highest BCUT2D eigenvalue weighted by Gasteiger charge is 2.07. The minimum Gasteiger partial charge on any atom is -0.398 e. The average molecular weight is 252 g/mol. The third-order valence-corrected chi connectivity index (χ3v) is 3.70. The van der Waals surface area contributed by atoms with Crippen LogP contribution < -0.4 is 11.1 Å². The number of carbonyl (C=O) groups excluding carboxylic acids is 1. The van der Waals surface area contributed by atoms with Gasteiger partial charge in [0.2, 0.25) is 0 Å². The lowest BCUT2D eigenvalue weighted by molar-refractivity contribution is 0.0956. The van der Waals surface area contributed by atoms with Gasteiger partial charge in [-0.25, -0.2) is 0 Å². The predicted octanol–water partition coefficient (Wildman–Crippen LogP) is 2.77. The number of nitrogens with one attached hydrogen (secondary N) is 1. The monoisotopic (exact) mass is 252 g/mol. The van der Waals surface area contributed by atoms with Crippen LogP contribution in [0.4, 0.5) is 5.69 Å². The minimum absolute atomic E-state index is 0.0698. The van der Waals surface area contributed by atoms with E-state index in [1.807, 2.05) is 19.1 Å². The van der Waals surface area contributed by atoms with E-state index in [1.165, 1.54) is 0 Å². The fourth-order valence-electron chi connectivity index (χ4n) is 1.34. The van der Waals surface area contributed by atoms with Crippen molar-refractivity contribution in [2.75, 3.05) is 18.0 Å². The third kappa shape index (κ3) is 4.30. The second-order valence-corrected chi connectivity index (χ2v) is 5.38. The summed E-state index contributed by atoms with van der Waals surface area (Å²) in [6.07, 6.45) is 0. The van der Waals surface area contributed by atoms with Crippen LogP contribution >= 0.6 is 11.8 Å². The van der Waals surface area contributed by atoms with Gasteiger partial charge >= 0.3 is 0 Å². The van der Waals surface area contributed by atoms with Gasteiger partial charge in [-0.2, -0.15) is 0 Å². The van der Waals surface area contributed by atoms with Crippen LogP contribution in [0.2, 0.25) is 0 Å². The van der Waals surface area contributed by atoms with E-state index >= 15 is 0 Å². The Hall–Kier alpha value is -1.16. The summed E-state index contributed by atoms with van der Waals surface area (Å²) in [5.41, 5.74) is 7.24. The number of anilines is 1. The highest BCUT2D eigenvalue weighted by Crippen LogP contribution is 2.27. The number of amides is 1. The van der Waals surface area contributed by atoms with Crippen molar-refractivity contribution in [3.63, 3.8) is 0 Å². The molecule has 1 rings (SSSR count). The number of nitrogen functional groups attached to an aromatic ring is 1. The molecule has 0 bridgehead atoms. The van der Waals surface area contributed by atoms with Gasteiger partial charge in [-0.3, -0.25) is 4.79 Å². The van der Waals surface area contributed by atoms with Gasteiger partial charge in [0.25, 0.3) is 5.91 Å². The fraction of sp³-hybridized carbons (Fsp3) is 0.462. The summed E-state index contributed by atoms with van der Waals surface area (Å²) >= 11 is 1.73. The molecule has 0 saturated carbocycles. The van der Waals surface area contributed by atoms with Crippen LogP contribution in [-0.4, -0.2) is 18.2 Å². The topological polar surface area (TPSA) is 55.1 Å². The van der Waals surface area contributed by atoms with Crippen molar-refractivity contribution in [2.24, 2.45) is 5.92 Å². The number of hydrogen-bond acceptors (Lipinski definition) is 3. The van der Waals surface area contributed by atoms with Crippen LogP contribution in [0.1, 0.15) is 31.1 Å². The molecule has 0 atom stereocenters. The highest BCUT2D eigenvalue weighted by molar-refractivity contribution is 7.99. The first-order valence-electron chi connectivity index (χ1n) is 5.85. The first-order chi connectivity index (χ1) is 8.04. The van der Waals surface area contributed by atoms with Crippen LogP contribution in [0.15, 0.2) is 23.1 Å². The number of thioether (sulfide) groups is 1. The molecule has 3 N–H and O–H groups in total. The molecule has 94 valence electrons. The highest BCUT2D eigenvalue weighted by atomic mass is 32.2. The maximum Gasteiger partial charge on any atom is 0.251 e. The van der Waals surface area contributed by atoms with Crippen molar-refractivity contribution < 1.29 is 4.79 Å². The lowest BCUT2D eigenvalue weighted by Crippen LogP contribution is -2.22. The number of nitrogens with two attached hydrogens (primary N) is 1. The molecule has 1 aromatic rings. The van der Waals surface area contributed by atoms with Crippen LogP contribution in [0.25, 0.3) is 0 Å². The van der Waals surface area contributed by atoms with E-state index in [0.717, 1.165) is 10.6 Å². The van der Waals surface area contributed by atoms with E-state index < -0.39 is 0 Å². The van der Waals surface area contributed by atoms with Gasteiger partial charge in [0.15, 0.2) is 0 Å². The minimum atomic E-state index is -0.0698. The average Bonchev–Trinajstić information content (AvgIpc) is 2.27. The smallest absolute Gasteiger partial charge is 0.251 e. The van der Waals surface area contributed by atoms with Gasteiger partial charge in [0.05, 0.1) is 0 Å². The summed E-state index contributed by atoms with van der Waals surface area (Å²) in [6, 6.07) is 5.49. The summed E-state index contributed by atoms with van der Waals surface area (Å²) in [7, 11) is 0. The first kappa shape index (κ1) is 13.9. The van der Waals surface area contributed by atoms with Crippen molar-refractivity contribution in [2.45, 2.75) is 25.7 Å². The summed E-state index contributed by atoms with van der Waals surface area (Å²) < 4.78 is 0. The van der Waals surface area contributed by atoms with Gasteiger partial charge in [-0.05, 0) is 31.0 Å². The summed E-state index contributed by atoms with van der Waals surface area (Å²) in [4.78, 5) is 12.6. The van der Waals surface area contributed by atoms with Gasteiger partial charge in [-0.1, -0.05) is 13.8 Å². The largest absolute Gasteiger partial charge is 0.398 e. The van der Waals surface area contributed by atoms with Gasteiger partial charge in [0.1, 0.15) is 0 Å². The first-order valence-corrected chi connectivity index (χ1v) is 6.83. The van der Waals surface area contributed by atoms with Gasteiger partial charge < -0.3 is 11.1 Å². The molecule has 3 nitrogen and oxygen atoms in total. The Labute approximate surface area is 107 Å². The predicted molar refractivity (Wildman–Crippen MR) is 74.4 cm³/mol. The third-order valence-electron chi connectivity index (χ3n) is 2.18. The lowest BCUT2D eigenvalue weighted by atomic mass is 10.2. The van der Waals surface area contributed by atoms with Crippen LogP contribution in [0, 0.1) is 5.92 Å². The van der Waals surface area contributed by atoms with E-state index in [0.29, 0.717) is 23.7 Å². The van der Waals surface area contributed by atoms with Crippen molar-refractivity contribution >= 4 is 23.4 Å². The molecule has 0 spiro atoms. The number of benzene rings is 1. The molecule has 0 fully saturated rings. The van der Waals surface area contributed by atoms with E-state index in [9.17, 15) is 4.79 Å². The van der Waals surface area contributed by atoms with Crippen LogP contribution in [0.5, 0.6) is 0 Å². The molecule has 0 aromatic heterocycles. The maximum atomic E-state index is 11.6. The Morgan fingerprint density at radius 3 is 2.71 bits per heavy atom. The molecule has 17 heavy (non-hydrogen) atoms. The van der Waals surface area contributed by atoms with Crippen molar-refractivity contribution in [1.82, 2.24) is 5.32 Å². The Bertz CT molecular complexity index is 391. The summed E-state index contributed by atoms with van der Waals surface area (Å²) in [5, 5.41) is 2.76. The molecule has 4 heteroatoms. The van der Waals surface area contributed by atoms with Gasteiger partial charge in [-0.15, -0.1) is 11.8 Å². The number of hydrogen-bond donors (Lipinski definition) is 2. The summed E-state index contributed by atoms with van der Waals surface area (Å²) in [5.74, 6) is 1.59. The lowest BCUT2D eigenvalue weighted by Gasteiger charge is -2.09. The SMILES string of the molecule is CCNC(=O)c1ccc(SCC(C)C)c(N)c1. The zero-order valence-electron chi connectivity index (χ0n) is 10.6. The van der Waals surface area contributed by atoms with Crippen LogP contribution in [-0.2, 0) is 0 Å². The molecular weight excluding hydrogens is 232 g/mol. The molecule has 0 saturated heterocycles. The quantitative estimate of drug-likeness (QED) is 0.626. The zero-order valence-corrected chi connectivity index (χ0v) is 11.4. The molecule has 0 aliphatic heterocycles. The van der Waals surface area contributed by atoms with Crippen molar-refractivity contribution in [3.8, 4) is 0 Å². The Kier molecular flexibility index (Phi) is 5.35. The Morgan fingerprint density at radius 1 is 1.47 bits per heavy atom. The Morgan fingerprint density at radius 2 is 2.18 bits per heavy atom. The maximum absolute atomic E-state index is 11.6. The molecule has 0 heterocycles. The Balaban J connectivity index is 2.75. The molecular formula is C13H20N2OS. The van der Waals surface area contributed by atoms with Crippen molar-refractivity contribution in [1.29, 1.82) is 0 Å². The fourth-order valence-corrected chi connectivity index (χ4v) is 2.24. The van der Waals surface area contributed by atoms with E-state index in [2.05, 4.69) is 19.2 Å². The second-order valence-electron chi connectivity index (χ2n) is 4.32. The standard InChI is InChI=1S/C13H20N2OS/c1-4-15-13(16)10-5-6-12(11(14)7-10)17-8-9(2)3/h5-7,9H,4,8,14H2,1-3H3,(H,15,16). The normalized spacial score (nSPS) is 10.6. The molecule has 1 amide bonds. The molecule has 0 aliphatic rings. The van der Waals surface area contributed by atoms with E-state index in [1.54, 1.807) is 17.8 Å². The van der Waals surface area contributed by atoms with Gasteiger partial charge in [0, 0.05) is 28.4 Å². The van der Waals surface area contributed by atoms with E-state index in [-0.39, 0.29) is 5.91 Å². The van der Waals surface area contributed by atoms with E-state index in [4.69, 9.17) is 5.73 Å². The summed E-state index contributed by atoms with van der Waals surface area (Å²) in [6.45, 7) is 6.87. The molecule has 0 unspecified atom stereocenters. The molecule has 0 aliphatic carbocycles. The number of rotatable bonds is 5. The zero-order chi connectivity index (χ0) is 12.8.